The molecule has 7 heteroatoms. The molecule has 0 aliphatic carbocycles. The maximum atomic E-state index is 11.1. The first kappa shape index (κ1) is 12.0. The minimum atomic E-state index is -1.07. The van der Waals surface area contributed by atoms with E-state index < -0.39 is 5.97 Å². The number of ether oxygens (including phenoxy) is 1. The van der Waals surface area contributed by atoms with Gasteiger partial charge >= 0.3 is 5.97 Å². The molecule has 1 aliphatic heterocycles. The lowest BCUT2D eigenvalue weighted by atomic mass is 10.1. The van der Waals surface area contributed by atoms with Crippen LogP contribution in [0.4, 0.5) is 5.13 Å². The Morgan fingerprint density at radius 1 is 1.59 bits per heavy atom. The van der Waals surface area contributed by atoms with Gasteiger partial charge in [-0.15, -0.1) is 11.3 Å². The molecule has 0 spiro atoms. The lowest BCUT2D eigenvalue weighted by molar-refractivity contribution is -0.114. The first-order chi connectivity index (χ1) is 8.08. The second kappa shape index (κ2) is 4.80. The van der Waals surface area contributed by atoms with Gasteiger partial charge in [0.05, 0.1) is 6.61 Å². The van der Waals surface area contributed by atoms with Crippen LogP contribution in [0.2, 0.25) is 0 Å². The highest BCUT2D eigenvalue weighted by Gasteiger charge is 2.27. The van der Waals surface area contributed by atoms with E-state index >= 15 is 0 Å². The summed E-state index contributed by atoms with van der Waals surface area (Å²) in [5.74, 6) is -1.26. The largest absolute Gasteiger partial charge is 0.476 e. The molecule has 1 unspecified atom stereocenters. The van der Waals surface area contributed by atoms with Crippen LogP contribution in [-0.2, 0) is 9.53 Å². The molecule has 0 bridgehead atoms. The van der Waals surface area contributed by atoms with Crippen molar-refractivity contribution in [1.82, 2.24) is 4.98 Å². The van der Waals surface area contributed by atoms with Gasteiger partial charge in [0.1, 0.15) is 0 Å². The van der Waals surface area contributed by atoms with Crippen molar-refractivity contribution < 1.29 is 19.4 Å². The number of nitrogens with zero attached hydrogens (tertiary/aromatic N) is 1. The minimum absolute atomic E-state index is 0.0225. The van der Waals surface area contributed by atoms with Gasteiger partial charge in [-0.3, -0.25) is 4.79 Å². The molecule has 92 valence electrons. The fraction of sp³-hybridized carbons (Fsp3) is 0.500. The van der Waals surface area contributed by atoms with E-state index in [9.17, 15) is 9.59 Å². The molecule has 1 fully saturated rings. The first-order valence-electron chi connectivity index (χ1n) is 5.17. The summed E-state index contributed by atoms with van der Waals surface area (Å²) in [6, 6.07) is 0. The lowest BCUT2D eigenvalue weighted by Crippen LogP contribution is -2.07. The van der Waals surface area contributed by atoms with Crippen LogP contribution in [0.3, 0.4) is 0 Å². The normalized spacial score (nSPS) is 19.2. The number of hydrogen-bond donors (Lipinski definition) is 2. The summed E-state index contributed by atoms with van der Waals surface area (Å²) < 4.78 is 5.24. The highest BCUT2D eigenvalue weighted by Crippen LogP contribution is 2.34. The molecule has 2 rings (SSSR count). The van der Waals surface area contributed by atoms with Crippen LogP contribution >= 0.6 is 11.3 Å². The van der Waals surface area contributed by atoms with E-state index in [1.807, 2.05) is 0 Å². The van der Waals surface area contributed by atoms with Gasteiger partial charge in [-0.25, -0.2) is 9.78 Å². The van der Waals surface area contributed by atoms with E-state index in [1.165, 1.54) is 18.3 Å². The number of anilines is 1. The number of rotatable bonds is 3. The van der Waals surface area contributed by atoms with Crippen molar-refractivity contribution in [2.75, 3.05) is 18.5 Å². The number of carbonyl (C=O) groups excluding carboxylic acids is 1. The highest BCUT2D eigenvalue weighted by atomic mass is 32.1. The fourth-order valence-corrected chi connectivity index (χ4v) is 2.83. The second-order valence-corrected chi connectivity index (χ2v) is 4.81. The quantitative estimate of drug-likeness (QED) is 0.851. The maximum absolute atomic E-state index is 11.1. The van der Waals surface area contributed by atoms with Crippen molar-refractivity contribution in [3.05, 3.63) is 10.6 Å². The van der Waals surface area contributed by atoms with Gasteiger partial charge in [-0.2, -0.15) is 0 Å². The Morgan fingerprint density at radius 3 is 2.88 bits per heavy atom. The molecule has 1 aromatic rings. The number of thiazole rings is 1. The molecule has 1 saturated heterocycles. The zero-order valence-corrected chi connectivity index (χ0v) is 10.0. The summed E-state index contributed by atoms with van der Waals surface area (Å²) in [7, 11) is 0. The van der Waals surface area contributed by atoms with Crippen molar-refractivity contribution >= 4 is 28.3 Å². The van der Waals surface area contributed by atoms with Crippen molar-refractivity contribution in [3.8, 4) is 0 Å². The van der Waals surface area contributed by atoms with E-state index in [2.05, 4.69) is 10.3 Å². The third kappa shape index (κ3) is 2.62. The molecule has 17 heavy (non-hydrogen) atoms. The van der Waals surface area contributed by atoms with E-state index in [1.54, 1.807) is 0 Å². The SMILES string of the molecule is CC(=O)Nc1nc(C(=O)O)c(C2CCOC2)s1. The molecule has 1 aromatic heterocycles. The number of hydrogen-bond acceptors (Lipinski definition) is 5. The summed E-state index contributed by atoms with van der Waals surface area (Å²) in [5, 5.41) is 11.9. The Hall–Kier alpha value is -1.47. The summed E-state index contributed by atoms with van der Waals surface area (Å²) in [4.78, 5) is 26.6. The Bertz CT molecular complexity index is 451. The first-order valence-corrected chi connectivity index (χ1v) is 5.99. The molecular formula is C10H12N2O4S. The third-order valence-corrected chi connectivity index (χ3v) is 3.57. The van der Waals surface area contributed by atoms with E-state index in [4.69, 9.17) is 9.84 Å². The monoisotopic (exact) mass is 256 g/mol. The van der Waals surface area contributed by atoms with Crippen molar-refractivity contribution in [3.63, 3.8) is 0 Å². The number of aromatic nitrogens is 1. The molecule has 1 aliphatic rings. The third-order valence-electron chi connectivity index (χ3n) is 2.44. The molecule has 1 amide bonds. The summed E-state index contributed by atoms with van der Waals surface area (Å²) in [6.45, 7) is 2.51. The van der Waals surface area contributed by atoms with Crippen molar-refractivity contribution in [1.29, 1.82) is 0 Å². The van der Waals surface area contributed by atoms with Gasteiger partial charge in [0.25, 0.3) is 0 Å². The number of amides is 1. The predicted octanol–water partition coefficient (Wildman–Crippen LogP) is 1.30. The van der Waals surface area contributed by atoms with Crippen LogP contribution in [0.25, 0.3) is 0 Å². The number of aromatic carboxylic acids is 1. The molecule has 0 radical (unpaired) electrons. The molecule has 1 atom stereocenters. The molecule has 6 nitrogen and oxygen atoms in total. The summed E-state index contributed by atoms with van der Waals surface area (Å²) >= 11 is 1.21. The Kier molecular flexibility index (Phi) is 3.39. The number of carboxylic acids is 1. The van der Waals surface area contributed by atoms with Crippen LogP contribution in [-0.4, -0.2) is 35.2 Å². The van der Waals surface area contributed by atoms with Gasteiger partial charge in [-0.05, 0) is 6.42 Å². The second-order valence-electron chi connectivity index (χ2n) is 3.78. The predicted molar refractivity (Wildman–Crippen MR) is 61.6 cm³/mol. The lowest BCUT2D eigenvalue weighted by Gasteiger charge is -2.03. The van der Waals surface area contributed by atoms with Crippen LogP contribution in [0.5, 0.6) is 0 Å². The van der Waals surface area contributed by atoms with Crippen LogP contribution in [0, 0.1) is 0 Å². The number of nitrogens with one attached hydrogen (secondary N) is 1. The van der Waals surface area contributed by atoms with Gasteiger partial charge < -0.3 is 15.2 Å². The zero-order valence-electron chi connectivity index (χ0n) is 9.23. The summed E-state index contributed by atoms with van der Waals surface area (Å²) in [5.41, 5.74) is 0.0225. The fourth-order valence-electron chi connectivity index (χ4n) is 1.71. The van der Waals surface area contributed by atoms with E-state index in [0.29, 0.717) is 23.2 Å². The van der Waals surface area contributed by atoms with Crippen LogP contribution < -0.4 is 5.32 Å². The van der Waals surface area contributed by atoms with Gasteiger partial charge in [0, 0.05) is 24.3 Å². The van der Waals surface area contributed by atoms with Crippen molar-refractivity contribution in [2.24, 2.45) is 0 Å². The van der Waals surface area contributed by atoms with Crippen LogP contribution in [0.15, 0.2) is 0 Å². The average molecular weight is 256 g/mol. The topological polar surface area (TPSA) is 88.5 Å². The molecular weight excluding hydrogens is 244 g/mol. The Morgan fingerprint density at radius 2 is 2.35 bits per heavy atom. The Labute approximate surface area is 102 Å². The maximum Gasteiger partial charge on any atom is 0.355 e. The van der Waals surface area contributed by atoms with Crippen LogP contribution in [0.1, 0.15) is 34.6 Å². The molecule has 2 heterocycles. The standard InChI is InChI=1S/C10H12N2O4S/c1-5(13)11-10-12-7(9(14)15)8(17-10)6-2-3-16-4-6/h6H,2-4H2,1H3,(H,14,15)(H,11,12,13). The van der Waals surface area contributed by atoms with Crippen molar-refractivity contribution in [2.45, 2.75) is 19.3 Å². The molecule has 0 saturated carbocycles. The zero-order chi connectivity index (χ0) is 12.4. The number of carbonyl (C=O) groups is 2. The Balaban J connectivity index is 2.31. The van der Waals surface area contributed by atoms with E-state index in [-0.39, 0.29) is 17.5 Å². The molecule has 2 N–H and O–H groups in total. The smallest absolute Gasteiger partial charge is 0.355 e. The average Bonchev–Trinajstić information content (AvgIpc) is 2.82. The molecule has 0 aromatic carbocycles. The van der Waals surface area contributed by atoms with Gasteiger partial charge in [-0.1, -0.05) is 0 Å². The number of carboxylic acid groups (broad SMARTS) is 1. The van der Waals surface area contributed by atoms with Gasteiger partial charge in [0.15, 0.2) is 10.8 Å². The van der Waals surface area contributed by atoms with E-state index in [0.717, 1.165) is 6.42 Å². The highest BCUT2D eigenvalue weighted by molar-refractivity contribution is 7.16. The minimum Gasteiger partial charge on any atom is -0.476 e. The van der Waals surface area contributed by atoms with Gasteiger partial charge in [0.2, 0.25) is 5.91 Å². The summed E-state index contributed by atoms with van der Waals surface area (Å²) in [6.07, 6.45) is 0.794.